The van der Waals surface area contributed by atoms with Crippen LogP contribution >= 0.6 is 0 Å². The Morgan fingerprint density at radius 1 is 0.273 bits per heavy atom. The lowest BCUT2D eigenvalue weighted by molar-refractivity contribution is 0.769. The van der Waals surface area contributed by atoms with E-state index in [2.05, 4.69) is 194 Å². The maximum absolute atomic E-state index is 5.24. The quantitative estimate of drug-likeness (QED) is 0.165. The summed E-state index contributed by atoms with van der Waals surface area (Å²) >= 11 is 0. The number of aromatic nitrogens is 2. The van der Waals surface area contributed by atoms with E-state index in [1.807, 2.05) is 24.3 Å². The van der Waals surface area contributed by atoms with Crippen molar-refractivity contribution < 1.29 is 0 Å². The van der Waals surface area contributed by atoms with Crippen molar-refractivity contribution in [3.63, 3.8) is 0 Å². The zero-order chi connectivity index (χ0) is 36.6. The lowest BCUT2D eigenvalue weighted by Crippen LogP contribution is -2.28. The van der Waals surface area contributed by atoms with Crippen LogP contribution < -0.4 is 0 Å². The van der Waals surface area contributed by atoms with E-state index in [4.69, 9.17) is 9.97 Å². The van der Waals surface area contributed by atoms with Gasteiger partial charge < -0.3 is 0 Å². The summed E-state index contributed by atoms with van der Waals surface area (Å²) in [5.41, 5.74) is 16.6. The highest BCUT2D eigenvalue weighted by molar-refractivity contribution is 5.87. The molecule has 55 heavy (non-hydrogen) atoms. The zero-order valence-corrected chi connectivity index (χ0v) is 30.2. The van der Waals surface area contributed by atoms with Crippen LogP contribution in [0.1, 0.15) is 22.3 Å². The fraction of sp³-hybridized carbons (Fsp3) is 0.0189. The third kappa shape index (κ3) is 5.67. The minimum atomic E-state index is -0.480. The summed E-state index contributed by atoms with van der Waals surface area (Å²) in [4.78, 5) is 10.3. The van der Waals surface area contributed by atoms with Crippen LogP contribution in [0.4, 0.5) is 0 Å². The lowest BCUT2D eigenvalue weighted by atomic mass is 9.67. The Hall–Kier alpha value is -7.16. The second-order valence-corrected chi connectivity index (χ2v) is 14.1. The van der Waals surface area contributed by atoms with Gasteiger partial charge >= 0.3 is 0 Å². The molecule has 258 valence electrons. The molecule has 0 atom stereocenters. The smallest absolute Gasteiger partial charge is 0.160 e. The topological polar surface area (TPSA) is 25.8 Å². The second kappa shape index (κ2) is 13.7. The minimum absolute atomic E-state index is 0.480. The van der Waals surface area contributed by atoms with E-state index in [-0.39, 0.29) is 0 Å². The second-order valence-electron chi connectivity index (χ2n) is 14.1. The summed E-state index contributed by atoms with van der Waals surface area (Å²) in [6, 6.07) is 78.3. The normalized spacial score (nSPS) is 12.5. The molecule has 0 unspecified atom stereocenters. The van der Waals surface area contributed by atoms with Crippen molar-refractivity contribution in [2.24, 2.45) is 0 Å². The van der Waals surface area contributed by atoms with Crippen LogP contribution in [0.5, 0.6) is 0 Å². The molecule has 1 aliphatic carbocycles. The molecule has 1 aromatic heterocycles. The van der Waals surface area contributed by atoms with E-state index in [0.29, 0.717) is 5.82 Å². The van der Waals surface area contributed by atoms with Crippen LogP contribution in [0.25, 0.3) is 67.3 Å². The predicted molar refractivity (Wildman–Crippen MR) is 227 cm³/mol. The number of rotatable bonds is 7. The Kier molecular flexibility index (Phi) is 8.08. The van der Waals surface area contributed by atoms with E-state index in [1.165, 1.54) is 33.4 Å². The van der Waals surface area contributed by atoms with Gasteiger partial charge in [0.25, 0.3) is 0 Å². The van der Waals surface area contributed by atoms with Gasteiger partial charge in [-0.3, -0.25) is 0 Å². The van der Waals surface area contributed by atoms with Crippen molar-refractivity contribution in [1.82, 2.24) is 9.97 Å². The minimum Gasteiger partial charge on any atom is -0.228 e. The fourth-order valence-corrected chi connectivity index (χ4v) is 8.45. The van der Waals surface area contributed by atoms with Gasteiger partial charge in [-0.05, 0) is 86.0 Å². The van der Waals surface area contributed by atoms with E-state index in [0.717, 1.165) is 50.3 Å². The first-order valence-corrected chi connectivity index (χ1v) is 18.8. The molecule has 10 rings (SSSR count). The van der Waals surface area contributed by atoms with Gasteiger partial charge in [0.15, 0.2) is 5.82 Å². The number of fused-ring (bicyclic) bond motifs is 3. The maximum Gasteiger partial charge on any atom is 0.160 e. The van der Waals surface area contributed by atoms with Crippen molar-refractivity contribution in [1.29, 1.82) is 0 Å². The molecule has 0 saturated heterocycles. The van der Waals surface area contributed by atoms with Gasteiger partial charge in [-0.25, -0.2) is 9.97 Å². The van der Waals surface area contributed by atoms with Crippen LogP contribution in [0, 0.1) is 0 Å². The Morgan fingerprint density at radius 3 is 1.33 bits per heavy atom. The molecule has 0 aliphatic heterocycles. The molecule has 0 spiro atoms. The molecular formula is C53H36N2. The summed E-state index contributed by atoms with van der Waals surface area (Å²) in [7, 11) is 0. The molecule has 0 N–H and O–H groups in total. The van der Waals surface area contributed by atoms with E-state index < -0.39 is 5.41 Å². The first-order chi connectivity index (χ1) is 27.3. The number of hydrogen-bond acceptors (Lipinski definition) is 2. The molecule has 2 heteroatoms. The van der Waals surface area contributed by atoms with Gasteiger partial charge in [-0.1, -0.05) is 188 Å². The first kappa shape index (κ1) is 32.5. The van der Waals surface area contributed by atoms with Gasteiger partial charge in [-0.2, -0.15) is 0 Å². The predicted octanol–water partition coefficient (Wildman–Crippen LogP) is 13.2. The average Bonchev–Trinajstić information content (AvgIpc) is 3.58. The average molecular weight is 701 g/mol. The number of hydrogen-bond donors (Lipinski definition) is 0. The molecule has 8 aromatic carbocycles. The fourth-order valence-electron chi connectivity index (χ4n) is 8.45. The van der Waals surface area contributed by atoms with Crippen molar-refractivity contribution in [2.75, 3.05) is 0 Å². The van der Waals surface area contributed by atoms with Crippen molar-refractivity contribution in [3.8, 4) is 67.3 Å². The third-order valence-electron chi connectivity index (χ3n) is 11.0. The molecule has 0 bridgehead atoms. The Balaban J connectivity index is 1.20. The number of nitrogens with zero attached hydrogens (tertiary/aromatic N) is 2. The van der Waals surface area contributed by atoms with Crippen LogP contribution in [-0.2, 0) is 5.41 Å². The van der Waals surface area contributed by atoms with E-state index >= 15 is 0 Å². The molecule has 0 amide bonds. The standard InChI is InChI=1S/C53H36N2/c1-5-18-37(19-6-1)41-32-42(34-43(33-41)51-36-50(38-20-7-2-8-21-38)54-52(55-51)39-22-9-3-10-23-39)40-24-17-27-45(35-40)53(44-25-11-4-12-26-44)48-30-15-13-28-46(48)47-29-14-16-31-49(47)53/h1-36H. The van der Waals surface area contributed by atoms with E-state index in [1.54, 1.807) is 0 Å². The highest BCUT2D eigenvalue weighted by Crippen LogP contribution is 2.56. The van der Waals surface area contributed by atoms with Crippen LogP contribution in [0.15, 0.2) is 218 Å². The summed E-state index contributed by atoms with van der Waals surface area (Å²) < 4.78 is 0. The van der Waals surface area contributed by atoms with Crippen LogP contribution in [0.2, 0.25) is 0 Å². The van der Waals surface area contributed by atoms with Gasteiger partial charge in [0, 0.05) is 16.7 Å². The van der Waals surface area contributed by atoms with Crippen LogP contribution in [0.3, 0.4) is 0 Å². The molecule has 1 aliphatic rings. The molecule has 2 nitrogen and oxygen atoms in total. The van der Waals surface area contributed by atoms with Gasteiger partial charge in [-0.15, -0.1) is 0 Å². The Labute approximate surface area is 322 Å². The molecule has 0 radical (unpaired) electrons. The summed E-state index contributed by atoms with van der Waals surface area (Å²) in [6.45, 7) is 0. The summed E-state index contributed by atoms with van der Waals surface area (Å²) in [5, 5.41) is 0. The van der Waals surface area contributed by atoms with Crippen LogP contribution in [-0.4, -0.2) is 9.97 Å². The summed E-state index contributed by atoms with van der Waals surface area (Å²) in [5.74, 6) is 0.703. The lowest BCUT2D eigenvalue weighted by Gasteiger charge is -2.34. The number of benzene rings is 8. The molecule has 1 heterocycles. The molecule has 0 saturated carbocycles. The Bertz CT molecular complexity index is 2690. The molecule has 9 aromatic rings. The monoisotopic (exact) mass is 700 g/mol. The Morgan fingerprint density at radius 2 is 0.709 bits per heavy atom. The highest BCUT2D eigenvalue weighted by atomic mass is 14.9. The van der Waals surface area contributed by atoms with Crippen molar-refractivity contribution >= 4 is 0 Å². The largest absolute Gasteiger partial charge is 0.228 e. The van der Waals surface area contributed by atoms with Gasteiger partial charge in [0.05, 0.1) is 16.8 Å². The zero-order valence-electron chi connectivity index (χ0n) is 30.2. The summed E-state index contributed by atoms with van der Waals surface area (Å²) in [6.07, 6.45) is 0. The third-order valence-corrected chi connectivity index (χ3v) is 11.0. The van der Waals surface area contributed by atoms with Crippen molar-refractivity contribution in [3.05, 3.63) is 241 Å². The first-order valence-electron chi connectivity index (χ1n) is 18.8. The maximum atomic E-state index is 5.24. The molecule has 0 fully saturated rings. The highest BCUT2D eigenvalue weighted by Gasteiger charge is 2.45. The van der Waals surface area contributed by atoms with Crippen molar-refractivity contribution in [2.45, 2.75) is 5.41 Å². The SMILES string of the molecule is c1ccc(-c2cc(-c3cccc(C4(c5ccccc5)c5ccccc5-c5ccccc54)c3)cc(-c3cc(-c4ccccc4)nc(-c4ccccc4)n3)c2)cc1. The van der Waals surface area contributed by atoms with E-state index in [9.17, 15) is 0 Å². The molecular weight excluding hydrogens is 665 g/mol. The van der Waals surface area contributed by atoms with Gasteiger partial charge in [0.2, 0.25) is 0 Å². The van der Waals surface area contributed by atoms with Gasteiger partial charge in [0.1, 0.15) is 0 Å².